The molecule has 6 fully saturated rings. The lowest BCUT2D eigenvalue weighted by Crippen LogP contribution is -2.73. The molecule has 4 aromatic rings. The number of fused-ring (bicyclic) bond motifs is 4. The average Bonchev–Trinajstić information content (AvgIpc) is 3.61. The maximum atomic E-state index is 15.3. The number of aryl methyl sites for hydroxylation is 1. The number of amides is 2. The van der Waals surface area contributed by atoms with E-state index in [-0.39, 0.29) is 60.3 Å². The van der Waals surface area contributed by atoms with Crippen molar-refractivity contribution < 1.29 is 38.2 Å². The molecule has 7 aliphatic rings. The van der Waals surface area contributed by atoms with Crippen molar-refractivity contribution in [1.29, 1.82) is 0 Å². The van der Waals surface area contributed by atoms with Gasteiger partial charge >= 0.3 is 0 Å². The van der Waals surface area contributed by atoms with Crippen molar-refractivity contribution in [3.8, 4) is 34.4 Å². The zero-order chi connectivity index (χ0) is 48.3. The largest absolute Gasteiger partial charge is 0.379 e. The SMILES string of the molecule is CCn1c(-c2cc(C#C[C@@H](C)N3CCOCC3)cnc2[C@H](C)OC)c2c3cc(ccc31)-c1csc(n1)C(=[N+]1CCOCC1)[C@H](NC(=O)C1[C@@H](C)[C@H]1C)C(=O)N1N[C@@H](C3CC1C3)C(O)OCC(C)(C)C2. The maximum absolute atomic E-state index is 15.3. The number of rotatable bonds is 7. The molecule has 2 saturated carbocycles. The van der Waals surface area contributed by atoms with Gasteiger partial charge in [0.15, 0.2) is 30.4 Å². The van der Waals surface area contributed by atoms with Crippen LogP contribution in [0.3, 0.4) is 0 Å². The van der Waals surface area contributed by atoms with Crippen LogP contribution in [-0.4, -0.2) is 148 Å². The quantitative estimate of drug-likeness (QED) is 0.164. The second-order valence-corrected chi connectivity index (χ2v) is 21.8. The minimum Gasteiger partial charge on any atom is -0.379 e. The number of hydrogen-bond donors (Lipinski definition) is 3. The number of nitrogens with one attached hydrogen (secondary N) is 2. The van der Waals surface area contributed by atoms with Crippen LogP contribution in [0, 0.1) is 40.9 Å². The highest BCUT2D eigenvalue weighted by molar-refractivity contribution is 7.12. The molecule has 2 amide bonds. The highest BCUT2D eigenvalue weighted by atomic mass is 32.1. The van der Waals surface area contributed by atoms with Crippen molar-refractivity contribution in [3.05, 3.63) is 57.7 Å². The number of methoxy groups -OCH3 is 1. The molecular formula is C53H69N8O7S+. The van der Waals surface area contributed by atoms with E-state index in [1.807, 2.05) is 13.1 Å². The van der Waals surface area contributed by atoms with Gasteiger partial charge < -0.3 is 33.9 Å². The number of pyridine rings is 1. The molecular weight excluding hydrogens is 893 g/mol. The van der Waals surface area contributed by atoms with Crippen molar-refractivity contribution in [1.82, 2.24) is 35.2 Å². The van der Waals surface area contributed by atoms with Gasteiger partial charge in [0, 0.05) is 77.9 Å². The van der Waals surface area contributed by atoms with Crippen LogP contribution in [0.15, 0.2) is 35.8 Å². The van der Waals surface area contributed by atoms with Crippen LogP contribution in [-0.2, 0) is 41.5 Å². The smallest absolute Gasteiger partial charge is 0.270 e. The van der Waals surface area contributed by atoms with Gasteiger partial charge in [0.25, 0.3) is 5.91 Å². The molecule has 8 heterocycles. The number of hydrogen-bond acceptors (Lipinski definition) is 12. The molecule has 5 aliphatic heterocycles. The first kappa shape index (κ1) is 48.1. The van der Waals surface area contributed by atoms with Crippen molar-refractivity contribution >= 4 is 39.8 Å². The molecule has 11 rings (SSSR count). The standard InChI is InChI=1S/C53H68N8O7S/c1-9-60-42-13-12-35-25-38(42)40(47(60)39-22-34(27-54-44(39)33(5)65-8)11-10-30(2)58-14-18-66-19-15-58)26-53(6,7)29-68-52(64)45-36-23-37(24-36)61(57-45)51(63)46(56-49(62)43-31(3)32(43)4)48(50-55-41(35)28-69-50)59-16-20-67-21-17-59/h12-13,22,25,27-28,30-33,36-37,43,45-46,52,57,64H,9,14-21,23-24,26,29H2,1-8H3/p+1/t30-,31-,32+,33+,36?,37?,43?,45+,46+,52?/m1/s1. The van der Waals surface area contributed by atoms with Gasteiger partial charge in [-0.15, -0.1) is 11.3 Å². The Morgan fingerprint density at radius 2 is 1.84 bits per heavy atom. The molecule has 2 aliphatic carbocycles. The Morgan fingerprint density at radius 1 is 1.10 bits per heavy atom. The summed E-state index contributed by atoms with van der Waals surface area (Å²) in [7, 11) is 1.72. The number of aromatic nitrogens is 3. The van der Waals surface area contributed by atoms with Crippen molar-refractivity contribution in [2.24, 2.45) is 29.1 Å². The second-order valence-electron chi connectivity index (χ2n) is 20.9. The summed E-state index contributed by atoms with van der Waals surface area (Å²) in [5.74, 6) is 6.99. The van der Waals surface area contributed by atoms with Crippen molar-refractivity contribution in [2.45, 2.75) is 111 Å². The first-order chi connectivity index (χ1) is 33.2. The number of morpholine rings is 2. The third-order valence-electron chi connectivity index (χ3n) is 15.9. The molecule has 3 N–H and O–H groups in total. The maximum Gasteiger partial charge on any atom is 0.270 e. The minimum absolute atomic E-state index is 0.0584. The van der Waals surface area contributed by atoms with E-state index in [4.69, 9.17) is 28.9 Å². The Morgan fingerprint density at radius 3 is 2.55 bits per heavy atom. The second kappa shape index (κ2) is 19.6. The van der Waals surface area contributed by atoms with E-state index in [0.29, 0.717) is 63.2 Å². The average molecular weight is 962 g/mol. The van der Waals surface area contributed by atoms with Gasteiger partial charge in [-0.3, -0.25) is 24.5 Å². The first-order valence-corrected chi connectivity index (χ1v) is 26.0. The zero-order valence-corrected chi connectivity index (χ0v) is 42.2. The van der Waals surface area contributed by atoms with E-state index < -0.39 is 23.8 Å². The van der Waals surface area contributed by atoms with Crippen LogP contribution < -0.4 is 10.7 Å². The summed E-state index contributed by atoms with van der Waals surface area (Å²) >= 11 is 1.49. The number of aliphatic hydroxyl groups is 1. The normalized spacial score (nSPS) is 29.1. The van der Waals surface area contributed by atoms with Crippen LogP contribution in [0.2, 0.25) is 0 Å². The number of carbonyl (C=O) groups is 2. The zero-order valence-electron chi connectivity index (χ0n) is 41.4. The van der Waals surface area contributed by atoms with E-state index in [0.717, 1.165) is 76.2 Å². The number of hydrazine groups is 1. The van der Waals surface area contributed by atoms with E-state index in [1.54, 1.807) is 12.1 Å². The third kappa shape index (κ3) is 9.30. The lowest BCUT2D eigenvalue weighted by atomic mass is 9.72. The molecule has 0 radical (unpaired) electrons. The fourth-order valence-corrected chi connectivity index (χ4v) is 12.3. The van der Waals surface area contributed by atoms with Gasteiger partial charge in [0.05, 0.1) is 55.1 Å². The molecule has 1 aromatic carbocycles. The molecule has 15 nitrogen and oxygen atoms in total. The number of nitrogens with zero attached hydrogens (tertiary/aromatic N) is 6. The lowest BCUT2D eigenvalue weighted by Gasteiger charge is -2.54. The van der Waals surface area contributed by atoms with Crippen LogP contribution in [0.25, 0.3) is 33.4 Å². The molecule has 3 aromatic heterocycles. The third-order valence-corrected chi connectivity index (χ3v) is 16.7. The van der Waals surface area contributed by atoms with Gasteiger partial charge in [0.2, 0.25) is 11.6 Å². The molecule has 368 valence electrons. The predicted molar refractivity (Wildman–Crippen MR) is 265 cm³/mol. The van der Waals surface area contributed by atoms with Gasteiger partial charge in [-0.05, 0) is 87.0 Å². The number of carbonyl (C=O) groups excluding carboxylic acids is 2. The Balaban J connectivity index is 1.14. The Bertz CT molecular complexity index is 2670. The first-order valence-electron chi connectivity index (χ1n) is 25.1. The van der Waals surface area contributed by atoms with E-state index in [9.17, 15) is 9.90 Å². The van der Waals surface area contributed by atoms with Gasteiger partial charge in [-0.25, -0.2) is 15.0 Å². The highest BCUT2D eigenvalue weighted by Gasteiger charge is 2.54. The Labute approximate surface area is 409 Å². The number of thiazole rings is 1. The summed E-state index contributed by atoms with van der Waals surface area (Å²) in [6.07, 6.45) is 2.43. The van der Waals surface area contributed by atoms with E-state index in [2.05, 4.69) is 108 Å². The van der Waals surface area contributed by atoms with Gasteiger partial charge in [-0.2, -0.15) is 0 Å². The monoisotopic (exact) mass is 962 g/mol. The molecule has 0 spiro atoms. The Kier molecular flexibility index (Phi) is 13.6. The summed E-state index contributed by atoms with van der Waals surface area (Å²) in [5, 5.41) is 20.8. The summed E-state index contributed by atoms with van der Waals surface area (Å²) in [6.45, 7) is 21.0. The topological polar surface area (TPSA) is 156 Å². The summed E-state index contributed by atoms with van der Waals surface area (Å²) in [4.78, 5) is 42.2. The van der Waals surface area contributed by atoms with Crippen LogP contribution >= 0.6 is 11.3 Å². The van der Waals surface area contributed by atoms with Crippen molar-refractivity contribution in [2.75, 3.05) is 66.3 Å². The van der Waals surface area contributed by atoms with Crippen LogP contribution in [0.4, 0.5) is 0 Å². The fourth-order valence-electron chi connectivity index (χ4n) is 11.3. The summed E-state index contributed by atoms with van der Waals surface area (Å²) in [5.41, 5.74) is 11.2. The summed E-state index contributed by atoms with van der Waals surface area (Å²) in [6, 6.07) is 7.19. The number of benzene rings is 1. The van der Waals surface area contributed by atoms with E-state index in [1.165, 1.54) is 11.3 Å². The van der Waals surface area contributed by atoms with Crippen LogP contribution in [0.1, 0.15) is 89.2 Å². The summed E-state index contributed by atoms with van der Waals surface area (Å²) < 4.78 is 28.5. The molecule has 2 unspecified atom stereocenters. The molecule has 16 heteroatoms. The van der Waals surface area contributed by atoms with Crippen LogP contribution in [0.5, 0.6) is 0 Å². The lowest BCUT2D eigenvalue weighted by molar-refractivity contribution is -0.550. The predicted octanol–water partition coefficient (Wildman–Crippen LogP) is 5.26. The minimum atomic E-state index is -1.19. The van der Waals surface area contributed by atoms with Crippen molar-refractivity contribution in [3.63, 3.8) is 0 Å². The molecule has 4 saturated heterocycles. The number of aliphatic hydroxyl groups excluding tert-OH is 1. The molecule has 8 bridgehead atoms. The molecule has 69 heavy (non-hydrogen) atoms. The van der Waals surface area contributed by atoms with Gasteiger partial charge in [-0.1, -0.05) is 45.6 Å². The Hall–Kier alpha value is -4.57. The molecule has 8 atom stereocenters. The van der Waals surface area contributed by atoms with E-state index >= 15 is 4.79 Å². The highest BCUT2D eigenvalue weighted by Crippen LogP contribution is 2.46. The number of ether oxygens (including phenoxy) is 4. The fraction of sp³-hybridized carbons (Fsp3) is 0.604. The van der Waals surface area contributed by atoms with Gasteiger partial charge in [0.1, 0.15) is 13.2 Å².